The van der Waals surface area contributed by atoms with Crippen LogP contribution in [0.25, 0.3) is 22.5 Å². The van der Waals surface area contributed by atoms with Gasteiger partial charge in [0.2, 0.25) is 11.8 Å². The van der Waals surface area contributed by atoms with Gasteiger partial charge in [-0.1, -0.05) is 30.3 Å². The highest BCUT2D eigenvalue weighted by atomic mass is 35.5. The summed E-state index contributed by atoms with van der Waals surface area (Å²) in [6.07, 6.45) is 3.59. The minimum Gasteiger partial charge on any atom is -0.382 e. The molecule has 0 spiro atoms. The predicted octanol–water partition coefficient (Wildman–Crippen LogP) is 4.10. The number of amides is 3. The van der Waals surface area contributed by atoms with Crippen LogP contribution in [0, 0.1) is 18.8 Å². The van der Waals surface area contributed by atoms with E-state index in [9.17, 15) is 14.4 Å². The number of aromatic amines is 1. The average Bonchev–Trinajstić information content (AvgIpc) is 3.73. The predicted molar refractivity (Wildman–Crippen MR) is 208 cm³/mol. The maximum atomic E-state index is 13.8. The largest absolute Gasteiger partial charge is 0.382 e. The van der Waals surface area contributed by atoms with Crippen molar-refractivity contribution < 1.29 is 28.6 Å². The lowest BCUT2D eigenvalue weighted by Crippen LogP contribution is -2.48. The molecular weight excluding hydrogens is 712 g/mol. The number of carbonyl (C=O) groups excluding carboxylic acids is 3. The number of nitrogens with one attached hydrogen (secondary N) is 4. The Hall–Kier alpha value is -4.73. The first-order valence-electron chi connectivity index (χ1n) is 18.1. The highest BCUT2D eigenvalue weighted by Gasteiger charge is 2.29. The number of rotatable bonds is 19. The number of ether oxygens (including phenoxy) is 3. The number of tetrazole rings is 1. The van der Waals surface area contributed by atoms with Crippen molar-refractivity contribution in [3.63, 3.8) is 0 Å². The van der Waals surface area contributed by atoms with Crippen molar-refractivity contribution >= 4 is 35.8 Å². The number of nitrogens with two attached hydrogens (primary N) is 1. The summed E-state index contributed by atoms with van der Waals surface area (Å²) in [4.78, 5) is 40.1. The maximum absolute atomic E-state index is 13.8. The molecule has 1 saturated carbocycles. The zero-order chi connectivity index (χ0) is 37.4. The minimum absolute atomic E-state index is 0. The molecule has 15 heteroatoms. The van der Waals surface area contributed by atoms with Crippen LogP contribution in [0.15, 0.2) is 66.7 Å². The monoisotopic (exact) mass is 762 g/mol. The average molecular weight is 763 g/mol. The molecule has 1 fully saturated rings. The summed E-state index contributed by atoms with van der Waals surface area (Å²) in [5.41, 5.74) is 11.5. The Balaban J connectivity index is 0.00000650. The van der Waals surface area contributed by atoms with Crippen LogP contribution in [0.4, 0.5) is 5.69 Å². The summed E-state index contributed by atoms with van der Waals surface area (Å²) in [6, 6.07) is 19.8. The van der Waals surface area contributed by atoms with Gasteiger partial charge in [0.15, 0.2) is 5.82 Å². The molecule has 4 aromatic rings. The summed E-state index contributed by atoms with van der Waals surface area (Å²) in [6.45, 7) is 5.32. The highest BCUT2D eigenvalue weighted by molar-refractivity contribution is 5.98. The second-order valence-corrected chi connectivity index (χ2v) is 13.2. The van der Waals surface area contributed by atoms with Gasteiger partial charge in [0.25, 0.3) is 5.91 Å². The number of methoxy groups -OCH3 is 1. The Labute approximate surface area is 322 Å². The fraction of sp³-hybridized carbons (Fsp3) is 0.436. The molecule has 0 unspecified atom stereocenters. The number of hydrogen-bond donors (Lipinski definition) is 5. The molecule has 0 saturated heterocycles. The van der Waals surface area contributed by atoms with Gasteiger partial charge in [0, 0.05) is 42.8 Å². The van der Waals surface area contributed by atoms with Gasteiger partial charge in [0.1, 0.15) is 6.04 Å². The van der Waals surface area contributed by atoms with Crippen molar-refractivity contribution in [2.75, 3.05) is 58.6 Å². The molecule has 3 amide bonds. The Morgan fingerprint density at radius 3 is 2.33 bits per heavy atom. The Kier molecular flexibility index (Phi) is 17.0. The molecule has 6 N–H and O–H groups in total. The fourth-order valence-corrected chi connectivity index (χ4v) is 6.41. The summed E-state index contributed by atoms with van der Waals surface area (Å²) in [7, 11) is 1.62. The SMILES string of the molecule is COCCOCCOCCNC(=O)c1ccc(-c2cccc(C[C@H](NC(=O)[C@H]3CC[C@H](CN)CC3)C(=O)Nc3ccc(-c4nnn[nH]4)cc3)c2)c(C)c1.Cl. The molecular formula is C39H51ClN8O6. The fourth-order valence-electron chi connectivity index (χ4n) is 6.41. The number of halogens is 1. The standard InChI is InChI=1S/C39H50N8O6.ClH/c1-26-22-32(37(48)41-16-17-52-20-21-53-19-18-51-2)12-15-34(26)31-5-3-4-28(23-31)24-35(43-38(49)30-8-6-27(25-40)7-9-30)39(50)42-33-13-10-29(11-14-33)36-44-46-47-45-36;/h3-5,10-15,22-23,27,30,35H,6-9,16-21,24-25,40H2,1-2H3,(H,41,48)(H,42,50)(H,43,49)(H,44,45,46,47);1H/t27-,30-,35-;/m0./s1. The van der Waals surface area contributed by atoms with Crippen LogP contribution in [-0.2, 0) is 30.2 Å². The topological polar surface area (TPSA) is 195 Å². The van der Waals surface area contributed by atoms with Crippen molar-refractivity contribution in [3.8, 4) is 22.5 Å². The molecule has 1 aliphatic carbocycles. The molecule has 1 heterocycles. The maximum Gasteiger partial charge on any atom is 0.251 e. The van der Waals surface area contributed by atoms with Crippen molar-refractivity contribution in [2.45, 2.75) is 45.1 Å². The van der Waals surface area contributed by atoms with E-state index in [0.717, 1.165) is 53.5 Å². The van der Waals surface area contributed by atoms with Crippen LogP contribution < -0.4 is 21.7 Å². The molecule has 14 nitrogen and oxygen atoms in total. The first kappa shape index (κ1) is 42.0. The molecule has 1 aliphatic rings. The number of aromatic nitrogens is 4. The number of carbonyl (C=O) groups is 3. The lowest BCUT2D eigenvalue weighted by molar-refractivity contribution is -0.130. The number of benzene rings is 3. The number of aryl methyl sites for hydroxylation is 1. The third kappa shape index (κ3) is 12.4. The van der Waals surface area contributed by atoms with Gasteiger partial charge in [-0.25, -0.2) is 5.10 Å². The molecule has 3 aromatic carbocycles. The molecule has 0 radical (unpaired) electrons. The van der Waals surface area contributed by atoms with Gasteiger partial charge in [0.05, 0.1) is 33.0 Å². The van der Waals surface area contributed by atoms with Gasteiger partial charge in [-0.15, -0.1) is 17.5 Å². The number of H-pyrrole nitrogens is 1. The smallest absolute Gasteiger partial charge is 0.251 e. The molecule has 290 valence electrons. The van der Waals surface area contributed by atoms with E-state index in [1.807, 2.05) is 43.3 Å². The van der Waals surface area contributed by atoms with Crippen LogP contribution in [-0.4, -0.2) is 97.6 Å². The van der Waals surface area contributed by atoms with E-state index in [-0.39, 0.29) is 42.5 Å². The summed E-state index contributed by atoms with van der Waals surface area (Å²) >= 11 is 0. The van der Waals surface area contributed by atoms with E-state index in [1.165, 1.54) is 0 Å². The lowest BCUT2D eigenvalue weighted by atomic mass is 9.81. The zero-order valence-corrected chi connectivity index (χ0v) is 31.7. The molecule has 5 rings (SSSR count). The normalized spacial score (nSPS) is 15.8. The molecule has 1 atom stereocenters. The van der Waals surface area contributed by atoms with Gasteiger partial charge in [-0.05, 0) is 114 Å². The number of nitrogens with zero attached hydrogens (tertiary/aromatic N) is 3. The lowest BCUT2D eigenvalue weighted by Gasteiger charge is -2.28. The molecule has 0 bridgehead atoms. The van der Waals surface area contributed by atoms with Gasteiger partial charge in [-0.3, -0.25) is 14.4 Å². The first-order chi connectivity index (χ1) is 25.8. The summed E-state index contributed by atoms with van der Waals surface area (Å²) in [5, 5.41) is 22.8. The zero-order valence-electron chi connectivity index (χ0n) is 30.8. The van der Waals surface area contributed by atoms with Crippen LogP contribution in [0.1, 0.15) is 47.2 Å². The van der Waals surface area contributed by atoms with Gasteiger partial charge >= 0.3 is 0 Å². The molecule has 1 aromatic heterocycles. The number of anilines is 1. The van der Waals surface area contributed by atoms with Gasteiger partial charge < -0.3 is 35.9 Å². The second kappa shape index (κ2) is 21.8. The number of hydrogen-bond acceptors (Lipinski definition) is 10. The van der Waals surface area contributed by atoms with Crippen molar-refractivity contribution in [1.29, 1.82) is 0 Å². The van der Waals surface area contributed by atoms with Crippen molar-refractivity contribution in [2.24, 2.45) is 17.6 Å². The van der Waals surface area contributed by atoms with Crippen LogP contribution >= 0.6 is 12.4 Å². The van der Waals surface area contributed by atoms with Crippen molar-refractivity contribution in [3.05, 3.63) is 83.4 Å². The Morgan fingerprint density at radius 2 is 1.65 bits per heavy atom. The van der Waals surface area contributed by atoms with Crippen molar-refractivity contribution in [1.82, 2.24) is 31.3 Å². The first-order valence-corrected chi connectivity index (χ1v) is 18.1. The quantitative estimate of drug-likeness (QED) is 0.0868. The van der Waals surface area contributed by atoms with E-state index in [2.05, 4.69) is 36.6 Å². The van der Waals surface area contributed by atoms with E-state index in [4.69, 9.17) is 19.9 Å². The van der Waals surface area contributed by atoms with Gasteiger partial charge in [-0.2, -0.15) is 0 Å². The van der Waals surface area contributed by atoms with E-state index < -0.39 is 6.04 Å². The Bertz CT molecular complexity index is 1770. The highest BCUT2D eigenvalue weighted by Crippen LogP contribution is 2.29. The third-order valence-corrected chi connectivity index (χ3v) is 9.46. The summed E-state index contributed by atoms with van der Waals surface area (Å²) < 4.78 is 15.8. The second-order valence-electron chi connectivity index (χ2n) is 13.2. The summed E-state index contributed by atoms with van der Waals surface area (Å²) in [5.74, 6) is 0.174. The van der Waals surface area contributed by atoms with E-state index in [0.29, 0.717) is 69.1 Å². The van der Waals surface area contributed by atoms with E-state index in [1.54, 1.807) is 37.4 Å². The molecule has 54 heavy (non-hydrogen) atoms. The molecule has 0 aliphatic heterocycles. The van der Waals surface area contributed by atoms with E-state index >= 15 is 0 Å². The van der Waals surface area contributed by atoms with Crippen LogP contribution in [0.2, 0.25) is 0 Å². The minimum atomic E-state index is -0.817. The Morgan fingerprint density at radius 1 is 0.907 bits per heavy atom. The van der Waals surface area contributed by atoms with Crippen LogP contribution in [0.3, 0.4) is 0 Å². The van der Waals surface area contributed by atoms with Crippen LogP contribution in [0.5, 0.6) is 0 Å². The third-order valence-electron chi connectivity index (χ3n) is 9.46.